The van der Waals surface area contributed by atoms with E-state index in [2.05, 4.69) is 20.9 Å². The van der Waals surface area contributed by atoms with Crippen LogP contribution in [0.3, 0.4) is 0 Å². The molecule has 0 unspecified atom stereocenters. The fraction of sp³-hybridized carbons (Fsp3) is 0.250. The number of carbonyl (C=O) groups excluding carboxylic acids is 1. The van der Waals surface area contributed by atoms with Gasteiger partial charge in [-0.25, -0.2) is 4.98 Å². The summed E-state index contributed by atoms with van der Waals surface area (Å²) in [7, 11) is 1.37. The molecule has 0 atom stereocenters. The van der Waals surface area contributed by atoms with Crippen molar-refractivity contribution in [2.75, 3.05) is 11.9 Å². The standard InChI is InChI=1S/C24H18BrClF6N2O/c1-22(2,13-8-14(23(27,28)29)10-15(9-13)24(30,31)32)21(35)34(3)19-12-33-20(26)11-17(19)16-6-4-5-7-18(16)25/h4-12H,1-3H3. The third kappa shape index (κ3) is 5.64. The zero-order valence-electron chi connectivity index (χ0n) is 18.5. The number of nitrogens with zero attached hydrogens (tertiary/aromatic N) is 2. The third-order valence-electron chi connectivity index (χ3n) is 5.52. The van der Waals surface area contributed by atoms with E-state index < -0.39 is 40.4 Å². The SMILES string of the molecule is CN(C(=O)C(C)(C)c1cc(C(F)(F)F)cc(C(F)(F)F)c1)c1cnc(Cl)cc1-c1ccccc1Br. The van der Waals surface area contributed by atoms with Crippen molar-refractivity contribution >= 4 is 39.1 Å². The quantitative estimate of drug-likeness (QED) is 0.231. The maximum absolute atomic E-state index is 13.5. The van der Waals surface area contributed by atoms with Gasteiger partial charge in [0.1, 0.15) is 5.15 Å². The molecule has 3 rings (SSSR count). The van der Waals surface area contributed by atoms with E-state index in [9.17, 15) is 31.1 Å². The Hall–Kier alpha value is -2.59. The summed E-state index contributed by atoms with van der Waals surface area (Å²) in [5.74, 6) is -0.748. The summed E-state index contributed by atoms with van der Waals surface area (Å²) >= 11 is 9.49. The summed E-state index contributed by atoms with van der Waals surface area (Å²) in [5.41, 5.74) is -3.77. The van der Waals surface area contributed by atoms with Crippen LogP contribution in [0.2, 0.25) is 5.15 Å². The number of pyridine rings is 1. The first-order valence-corrected chi connectivity index (χ1v) is 11.2. The van der Waals surface area contributed by atoms with Crippen LogP contribution in [-0.2, 0) is 22.6 Å². The molecule has 3 nitrogen and oxygen atoms in total. The molecule has 0 saturated carbocycles. The highest BCUT2D eigenvalue weighted by molar-refractivity contribution is 9.10. The average molecular weight is 580 g/mol. The van der Waals surface area contributed by atoms with E-state index in [0.717, 1.165) is 4.90 Å². The number of aromatic nitrogens is 1. The highest BCUT2D eigenvalue weighted by Gasteiger charge is 2.41. The van der Waals surface area contributed by atoms with E-state index in [1.807, 2.05) is 0 Å². The van der Waals surface area contributed by atoms with Gasteiger partial charge in [-0.15, -0.1) is 0 Å². The molecule has 11 heteroatoms. The number of anilines is 1. The highest BCUT2D eigenvalue weighted by Crippen LogP contribution is 2.41. The number of alkyl halides is 6. The van der Waals surface area contributed by atoms with Crippen LogP contribution >= 0.6 is 27.5 Å². The average Bonchev–Trinajstić information content (AvgIpc) is 2.77. The Morgan fingerprint density at radius 2 is 1.40 bits per heavy atom. The Kier molecular flexibility index (Phi) is 7.30. The van der Waals surface area contributed by atoms with Crippen LogP contribution in [0.25, 0.3) is 11.1 Å². The van der Waals surface area contributed by atoms with Crippen LogP contribution in [0.4, 0.5) is 32.0 Å². The first kappa shape index (κ1) is 27.0. The van der Waals surface area contributed by atoms with Crippen molar-refractivity contribution in [2.45, 2.75) is 31.6 Å². The first-order chi connectivity index (χ1) is 16.0. The molecule has 35 heavy (non-hydrogen) atoms. The van der Waals surface area contributed by atoms with Crippen LogP contribution in [0, 0.1) is 0 Å². The van der Waals surface area contributed by atoms with Crippen LogP contribution in [0.1, 0.15) is 30.5 Å². The van der Waals surface area contributed by atoms with Crippen molar-refractivity contribution in [3.63, 3.8) is 0 Å². The van der Waals surface area contributed by atoms with Crippen LogP contribution < -0.4 is 4.90 Å². The lowest BCUT2D eigenvalue weighted by molar-refractivity contribution is -0.143. The fourth-order valence-electron chi connectivity index (χ4n) is 3.55. The second-order valence-electron chi connectivity index (χ2n) is 8.29. The molecule has 1 heterocycles. The molecule has 0 radical (unpaired) electrons. The topological polar surface area (TPSA) is 33.2 Å². The predicted molar refractivity (Wildman–Crippen MR) is 125 cm³/mol. The number of halogens is 8. The number of rotatable bonds is 4. The number of likely N-dealkylation sites (N-methyl/N-ethyl adjacent to an activating group) is 1. The minimum Gasteiger partial charge on any atom is -0.313 e. The zero-order chi connectivity index (χ0) is 26.3. The van der Waals surface area contributed by atoms with Crippen molar-refractivity contribution in [3.05, 3.63) is 81.0 Å². The summed E-state index contributed by atoms with van der Waals surface area (Å²) < 4.78 is 80.9. The molecular formula is C24H18BrClF6N2O. The van der Waals surface area contributed by atoms with Crippen LogP contribution in [0.5, 0.6) is 0 Å². The molecule has 1 amide bonds. The minimum atomic E-state index is -5.03. The monoisotopic (exact) mass is 578 g/mol. The van der Waals surface area contributed by atoms with Crippen molar-refractivity contribution in [2.24, 2.45) is 0 Å². The lowest BCUT2D eigenvalue weighted by Gasteiger charge is -2.32. The molecular weight excluding hydrogens is 562 g/mol. The second kappa shape index (κ2) is 9.46. The largest absolute Gasteiger partial charge is 0.416 e. The Morgan fingerprint density at radius 3 is 1.91 bits per heavy atom. The molecule has 2 aromatic carbocycles. The molecule has 0 aliphatic heterocycles. The van der Waals surface area contributed by atoms with Crippen molar-refractivity contribution < 1.29 is 31.1 Å². The number of benzene rings is 2. The van der Waals surface area contributed by atoms with Gasteiger partial charge >= 0.3 is 12.4 Å². The van der Waals surface area contributed by atoms with Gasteiger partial charge in [0.2, 0.25) is 5.91 Å². The Labute approximate surface area is 210 Å². The Balaban J connectivity index is 2.13. The van der Waals surface area contributed by atoms with Gasteiger partial charge in [0, 0.05) is 17.1 Å². The molecule has 0 spiro atoms. The van der Waals surface area contributed by atoms with Crippen LogP contribution in [-0.4, -0.2) is 17.9 Å². The van der Waals surface area contributed by atoms with Gasteiger partial charge in [-0.05, 0) is 55.3 Å². The lowest BCUT2D eigenvalue weighted by Crippen LogP contribution is -2.42. The number of hydrogen-bond acceptors (Lipinski definition) is 2. The minimum absolute atomic E-state index is 0.0297. The summed E-state index contributed by atoms with van der Waals surface area (Å²) in [6.45, 7) is 2.53. The molecule has 0 bridgehead atoms. The third-order valence-corrected chi connectivity index (χ3v) is 6.42. The molecule has 0 saturated heterocycles. The predicted octanol–water partition coefficient (Wildman–Crippen LogP) is 8.14. The van der Waals surface area contributed by atoms with Crippen molar-refractivity contribution in [1.82, 2.24) is 4.98 Å². The number of hydrogen-bond donors (Lipinski definition) is 0. The van der Waals surface area contributed by atoms with E-state index in [-0.39, 0.29) is 16.9 Å². The molecule has 0 aliphatic rings. The van der Waals surface area contributed by atoms with Gasteiger partial charge in [-0.2, -0.15) is 26.3 Å². The van der Waals surface area contributed by atoms with Gasteiger partial charge in [0.15, 0.2) is 0 Å². The normalized spacial score (nSPS) is 12.5. The maximum atomic E-state index is 13.5. The maximum Gasteiger partial charge on any atom is 0.416 e. The molecule has 0 fully saturated rings. The summed E-state index contributed by atoms with van der Waals surface area (Å²) in [6, 6.07) is 9.73. The van der Waals surface area contributed by atoms with Gasteiger partial charge in [-0.1, -0.05) is 45.7 Å². The summed E-state index contributed by atoms with van der Waals surface area (Å²) in [4.78, 5) is 18.7. The van der Waals surface area contributed by atoms with E-state index >= 15 is 0 Å². The number of carbonyl (C=O) groups is 1. The summed E-state index contributed by atoms with van der Waals surface area (Å²) in [6.07, 6.45) is -8.75. The van der Waals surface area contributed by atoms with Gasteiger partial charge in [0.25, 0.3) is 0 Å². The molecule has 0 aliphatic carbocycles. The van der Waals surface area contributed by atoms with Gasteiger partial charge in [-0.3, -0.25) is 4.79 Å². The number of amides is 1. The Morgan fingerprint density at radius 1 is 0.886 bits per heavy atom. The zero-order valence-corrected chi connectivity index (χ0v) is 20.9. The fourth-order valence-corrected chi connectivity index (χ4v) is 4.21. The van der Waals surface area contributed by atoms with Gasteiger partial charge < -0.3 is 4.90 Å². The van der Waals surface area contributed by atoms with E-state index in [4.69, 9.17) is 11.6 Å². The molecule has 0 N–H and O–H groups in total. The lowest BCUT2D eigenvalue weighted by atomic mass is 9.81. The molecule has 1 aromatic heterocycles. The van der Waals surface area contributed by atoms with E-state index in [1.54, 1.807) is 24.3 Å². The van der Waals surface area contributed by atoms with E-state index in [1.165, 1.54) is 33.2 Å². The summed E-state index contributed by atoms with van der Waals surface area (Å²) in [5, 5.41) is 0.132. The smallest absolute Gasteiger partial charge is 0.313 e. The molecule has 3 aromatic rings. The second-order valence-corrected chi connectivity index (χ2v) is 9.53. The van der Waals surface area contributed by atoms with Crippen molar-refractivity contribution in [1.29, 1.82) is 0 Å². The highest BCUT2D eigenvalue weighted by atomic mass is 79.9. The van der Waals surface area contributed by atoms with E-state index in [0.29, 0.717) is 27.7 Å². The van der Waals surface area contributed by atoms with Crippen molar-refractivity contribution in [3.8, 4) is 11.1 Å². The van der Waals surface area contributed by atoms with Crippen LogP contribution in [0.15, 0.2) is 59.2 Å². The molecule has 186 valence electrons. The first-order valence-electron chi connectivity index (χ1n) is 10.0. The van der Waals surface area contributed by atoms with Gasteiger partial charge in [0.05, 0.1) is 28.4 Å². The Bertz CT molecular complexity index is 1240.